The summed E-state index contributed by atoms with van der Waals surface area (Å²) in [5.41, 5.74) is 0.824. The van der Waals surface area contributed by atoms with Gasteiger partial charge in [-0.3, -0.25) is 0 Å². The van der Waals surface area contributed by atoms with Gasteiger partial charge in [-0.05, 0) is 24.3 Å². The lowest BCUT2D eigenvalue weighted by atomic mass is 10.3. The Morgan fingerprint density at radius 2 is 2.00 bits per heavy atom. The molecule has 3 nitrogen and oxygen atoms in total. The Morgan fingerprint density at radius 3 is 2.69 bits per heavy atom. The number of benzene rings is 1. The molecule has 0 unspecified atom stereocenters. The zero-order valence-corrected chi connectivity index (χ0v) is 8.50. The molecule has 0 spiro atoms. The summed E-state index contributed by atoms with van der Waals surface area (Å²) >= 11 is 0. The fourth-order valence-electron chi connectivity index (χ4n) is 1.17. The first-order valence-electron chi connectivity index (χ1n) is 4.82. The third kappa shape index (κ3) is 2.85. The fraction of sp³-hybridized carbons (Fsp3) is 0. The molecule has 1 aromatic heterocycles. The molecule has 80 valence electrons. The summed E-state index contributed by atoms with van der Waals surface area (Å²) in [6.07, 6.45) is 6.08. The molecule has 0 aliphatic rings. The van der Waals surface area contributed by atoms with Crippen molar-refractivity contribution >= 4 is 12.0 Å². The van der Waals surface area contributed by atoms with E-state index in [4.69, 9.17) is 9.15 Å². The van der Waals surface area contributed by atoms with E-state index < -0.39 is 5.97 Å². The number of para-hydroxylation sites is 1. The molecule has 1 aromatic carbocycles. The van der Waals surface area contributed by atoms with E-state index in [0.29, 0.717) is 5.75 Å². The van der Waals surface area contributed by atoms with Crippen LogP contribution in [0.15, 0.2) is 59.4 Å². The highest BCUT2D eigenvalue weighted by Gasteiger charge is 1.98. The lowest BCUT2D eigenvalue weighted by Crippen LogP contribution is -2.03. The molecule has 1 heterocycles. The van der Waals surface area contributed by atoms with Crippen molar-refractivity contribution in [2.24, 2.45) is 0 Å². The maximum Gasteiger partial charge on any atom is 0.336 e. The highest BCUT2D eigenvalue weighted by molar-refractivity contribution is 5.88. The zero-order valence-electron chi connectivity index (χ0n) is 8.50. The van der Waals surface area contributed by atoms with Crippen molar-refractivity contribution in [1.29, 1.82) is 0 Å². The third-order valence-electron chi connectivity index (χ3n) is 1.92. The number of esters is 1. The lowest BCUT2D eigenvalue weighted by molar-refractivity contribution is -0.128. The minimum Gasteiger partial charge on any atom is -0.472 e. The summed E-state index contributed by atoms with van der Waals surface area (Å²) in [4.78, 5) is 11.4. The Bertz CT molecular complexity index is 469. The first-order valence-corrected chi connectivity index (χ1v) is 4.82. The third-order valence-corrected chi connectivity index (χ3v) is 1.92. The van der Waals surface area contributed by atoms with E-state index in [-0.39, 0.29) is 0 Å². The van der Waals surface area contributed by atoms with Crippen molar-refractivity contribution in [3.63, 3.8) is 0 Å². The van der Waals surface area contributed by atoms with E-state index >= 15 is 0 Å². The summed E-state index contributed by atoms with van der Waals surface area (Å²) < 4.78 is 9.92. The van der Waals surface area contributed by atoms with E-state index in [1.54, 1.807) is 36.8 Å². The molecule has 2 aromatic rings. The molecule has 0 aliphatic heterocycles. The number of carbonyl (C=O) groups is 1. The van der Waals surface area contributed by atoms with Crippen LogP contribution in [-0.4, -0.2) is 5.97 Å². The predicted molar refractivity (Wildman–Crippen MR) is 59.8 cm³/mol. The monoisotopic (exact) mass is 214 g/mol. The van der Waals surface area contributed by atoms with Gasteiger partial charge < -0.3 is 9.15 Å². The number of furan rings is 1. The van der Waals surface area contributed by atoms with Crippen molar-refractivity contribution in [1.82, 2.24) is 0 Å². The number of hydrogen-bond acceptors (Lipinski definition) is 3. The van der Waals surface area contributed by atoms with Gasteiger partial charge in [0, 0.05) is 11.6 Å². The molecule has 2 rings (SSSR count). The van der Waals surface area contributed by atoms with Crippen LogP contribution in [0.1, 0.15) is 5.56 Å². The molecule has 0 fully saturated rings. The standard InChI is InChI=1S/C13H10O3/c14-13(7-6-11-8-9-15-10-11)16-12-4-2-1-3-5-12/h1-10H/b7-6+. The number of carbonyl (C=O) groups excluding carboxylic acids is 1. The van der Waals surface area contributed by atoms with Crippen LogP contribution in [0.2, 0.25) is 0 Å². The summed E-state index contributed by atoms with van der Waals surface area (Å²) in [7, 11) is 0. The van der Waals surface area contributed by atoms with Gasteiger partial charge in [-0.15, -0.1) is 0 Å². The zero-order chi connectivity index (χ0) is 11.2. The Morgan fingerprint density at radius 1 is 1.19 bits per heavy atom. The van der Waals surface area contributed by atoms with Crippen LogP contribution in [0.25, 0.3) is 6.08 Å². The maximum atomic E-state index is 11.4. The van der Waals surface area contributed by atoms with Gasteiger partial charge in [0.15, 0.2) is 0 Å². The van der Waals surface area contributed by atoms with Gasteiger partial charge in [0.2, 0.25) is 0 Å². The smallest absolute Gasteiger partial charge is 0.336 e. The number of ether oxygens (including phenoxy) is 1. The summed E-state index contributed by atoms with van der Waals surface area (Å²) in [6.45, 7) is 0. The van der Waals surface area contributed by atoms with Crippen LogP contribution in [0.5, 0.6) is 5.75 Å². The molecule has 0 saturated heterocycles. The Balaban J connectivity index is 1.95. The molecule has 0 atom stereocenters. The molecule has 0 bridgehead atoms. The molecule has 0 N–H and O–H groups in total. The Labute approximate surface area is 93.0 Å². The SMILES string of the molecule is O=C(/C=C/c1ccoc1)Oc1ccccc1. The normalized spacial score (nSPS) is 10.5. The topological polar surface area (TPSA) is 39.4 Å². The molecule has 0 amide bonds. The number of rotatable bonds is 3. The first kappa shape index (κ1) is 10.2. The van der Waals surface area contributed by atoms with E-state index in [9.17, 15) is 4.79 Å². The van der Waals surface area contributed by atoms with E-state index in [1.807, 2.05) is 18.2 Å². The second kappa shape index (κ2) is 4.98. The molecular formula is C13H10O3. The van der Waals surface area contributed by atoms with Crippen molar-refractivity contribution in [3.05, 3.63) is 60.6 Å². The van der Waals surface area contributed by atoms with Crippen LogP contribution in [0.3, 0.4) is 0 Å². The maximum absolute atomic E-state index is 11.4. The lowest BCUT2D eigenvalue weighted by Gasteiger charge is -1.98. The minimum absolute atomic E-state index is 0.410. The number of hydrogen-bond donors (Lipinski definition) is 0. The van der Waals surface area contributed by atoms with E-state index in [2.05, 4.69) is 0 Å². The van der Waals surface area contributed by atoms with Crippen molar-refractivity contribution < 1.29 is 13.9 Å². The van der Waals surface area contributed by atoms with E-state index in [0.717, 1.165) is 5.56 Å². The van der Waals surface area contributed by atoms with Gasteiger partial charge in [0.05, 0.1) is 12.5 Å². The van der Waals surface area contributed by atoms with Crippen LogP contribution >= 0.6 is 0 Å². The average molecular weight is 214 g/mol. The van der Waals surface area contributed by atoms with Gasteiger partial charge in [-0.1, -0.05) is 18.2 Å². The minimum atomic E-state index is -0.410. The predicted octanol–water partition coefficient (Wildman–Crippen LogP) is 2.90. The van der Waals surface area contributed by atoms with Gasteiger partial charge in [0.25, 0.3) is 0 Å². The van der Waals surface area contributed by atoms with Crippen LogP contribution in [0, 0.1) is 0 Å². The largest absolute Gasteiger partial charge is 0.472 e. The van der Waals surface area contributed by atoms with Gasteiger partial charge in [-0.25, -0.2) is 4.79 Å². The van der Waals surface area contributed by atoms with Crippen LogP contribution in [0.4, 0.5) is 0 Å². The molecule has 0 aliphatic carbocycles. The molecule has 16 heavy (non-hydrogen) atoms. The highest BCUT2D eigenvalue weighted by atomic mass is 16.5. The second-order valence-electron chi connectivity index (χ2n) is 3.12. The molecule has 3 heteroatoms. The summed E-state index contributed by atoms with van der Waals surface area (Å²) in [5.74, 6) is 0.122. The molecule has 0 radical (unpaired) electrons. The van der Waals surface area contributed by atoms with Crippen molar-refractivity contribution in [2.75, 3.05) is 0 Å². The second-order valence-corrected chi connectivity index (χ2v) is 3.12. The molecule has 0 saturated carbocycles. The van der Waals surface area contributed by atoms with Gasteiger partial charge in [0.1, 0.15) is 5.75 Å². The Hall–Kier alpha value is -2.29. The fourth-order valence-corrected chi connectivity index (χ4v) is 1.17. The Kier molecular flexibility index (Phi) is 3.18. The quantitative estimate of drug-likeness (QED) is 0.448. The first-order chi connectivity index (χ1) is 7.84. The van der Waals surface area contributed by atoms with Crippen molar-refractivity contribution in [3.8, 4) is 5.75 Å². The van der Waals surface area contributed by atoms with Gasteiger partial charge >= 0.3 is 5.97 Å². The van der Waals surface area contributed by atoms with Crippen molar-refractivity contribution in [2.45, 2.75) is 0 Å². The highest BCUT2D eigenvalue weighted by Crippen LogP contribution is 2.09. The van der Waals surface area contributed by atoms with Gasteiger partial charge in [-0.2, -0.15) is 0 Å². The molecular weight excluding hydrogens is 204 g/mol. The van der Waals surface area contributed by atoms with E-state index in [1.165, 1.54) is 6.08 Å². The van der Waals surface area contributed by atoms with Crippen LogP contribution < -0.4 is 4.74 Å². The summed E-state index contributed by atoms with van der Waals surface area (Å²) in [6, 6.07) is 10.7. The average Bonchev–Trinajstić information content (AvgIpc) is 2.81. The summed E-state index contributed by atoms with van der Waals surface area (Å²) in [5, 5.41) is 0. The van der Waals surface area contributed by atoms with Crippen LogP contribution in [-0.2, 0) is 4.79 Å².